The number of nitrogens with zero attached hydrogens (tertiary/aromatic N) is 1. The molecule has 0 unspecified atom stereocenters. The SMILES string of the molecule is [Se].c1c[nH]cn1. The third kappa shape index (κ3) is 1.24. The minimum absolute atomic E-state index is 0. The Morgan fingerprint density at radius 3 is 2.50 bits per heavy atom. The average molecular weight is 147 g/mol. The summed E-state index contributed by atoms with van der Waals surface area (Å²) in [5.41, 5.74) is 0. The Bertz CT molecular complexity index is 65.3. The van der Waals surface area contributed by atoms with Crippen molar-refractivity contribution in [3.05, 3.63) is 18.7 Å². The van der Waals surface area contributed by atoms with Crippen molar-refractivity contribution in [3.8, 4) is 0 Å². The zero-order valence-corrected chi connectivity index (χ0v) is 4.80. The number of aromatic nitrogens is 2. The van der Waals surface area contributed by atoms with Crippen LogP contribution in [0.5, 0.6) is 0 Å². The maximum absolute atomic E-state index is 3.67. The van der Waals surface area contributed by atoms with Crippen molar-refractivity contribution in [2.75, 3.05) is 0 Å². The third-order valence-electron chi connectivity index (χ3n) is 0.406. The Kier molecular flexibility index (Phi) is 2.81. The van der Waals surface area contributed by atoms with Gasteiger partial charge in [-0.3, -0.25) is 0 Å². The maximum Gasteiger partial charge on any atom is 0.0919 e. The zero-order chi connectivity index (χ0) is 3.54. The molecule has 1 N–H and O–H groups in total. The molecule has 0 amide bonds. The summed E-state index contributed by atoms with van der Waals surface area (Å²) in [6.07, 6.45) is 5.08. The second kappa shape index (κ2) is 2.94. The van der Waals surface area contributed by atoms with Crippen LogP contribution in [0.1, 0.15) is 0 Å². The fourth-order valence-electron chi connectivity index (χ4n) is 0.215. The van der Waals surface area contributed by atoms with Gasteiger partial charge < -0.3 is 4.98 Å². The number of nitrogens with one attached hydrogen (secondary N) is 1. The van der Waals surface area contributed by atoms with Gasteiger partial charge in [0, 0.05) is 29.5 Å². The fourth-order valence-corrected chi connectivity index (χ4v) is 0.215. The van der Waals surface area contributed by atoms with Gasteiger partial charge in [-0.25, -0.2) is 4.98 Å². The molecular formula is C3H4N2Se. The maximum atomic E-state index is 3.67. The van der Waals surface area contributed by atoms with E-state index in [0.717, 1.165) is 0 Å². The van der Waals surface area contributed by atoms with Crippen molar-refractivity contribution >= 4 is 17.1 Å². The molecule has 0 saturated carbocycles. The number of rotatable bonds is 0. The van der Waals surface area contributed by atoms with Crippen LogP contribution >= 0.6 is 0 Å². The molecule has 0 fully saturated rings. The van der Waals surface area contributed by atoms with Crippen LogP contribution < -0.4 is 0 Å². The normalized spacial score (nSPS) is 6.67. The number of hydrogen-bond acceptors (Lipinski definition) is 1. The summed E-state index contributed by atoms with van der Waals surface area (Å²) in [7, 11) is 0. The monoisotopic (exact) mass is 148 g/mol. The van der Waals surface area contributed by atoms with Crippen molar-refractivity contribution in [2.24, 2.45) is 0 Å². The number of aromatic amines is 1. The minimum Gasteiger partial charge on any atom is -0.351 e. The summed E-state index contributed by atoms with van der Waals surface area (Å²) >= 11 is 0. The smallest absolute Gasteiger partial charge is 0.0919 e. The molecular weight excluding hydrogens is 143 g/mol. The van der Waals surface area contributed by atoms with E-state index >= 15 is 0 Å². The molecule has 6 heavy (non-hydrogen) atoms. The van der Waals surface area contributed by atoms with Gasteiger partial charge in [-0.1, -0.05) is 0 Å². The van der Waals surface area contributed by atoms with Crippen LogP contribution in [-0.4, -0.2) is 27.0 Å². The molecule has 3 heteroatoms. The van der Waals surface area contributed by atoms with E-state index in [9.17, 15) is 0 Å². The first-order valence-corrected chi connectivity index (χ1v) is 1.43. The van der Waals surface area contributed by atoms with Gasteiger partial charge in [0.15, 0.2) is 0 Å². The van der Waals surface area contributed by atoms with Crippen LogP contribution in [0.25, 0.3) is 0 Å². The van der Waals surface area contributed by atoms with E-state index < -0.39 is 0 Å². The molecule has 0 spiro atoms. The molecule has 0 atom stereocenters. The predicted molar refractivity (Wildman–Crippen MR) is 24.3 cm³/mol. The van der Waals surface area contributed by atoms with Crippen molar-refractivity contribution < 1.29 is 0 Å². The number of hydrogen-bond donors (Lipinski definition) is 1. The Hall–Kier alpha value is -0.271. The summed E-state index contributed by atoms with van der Waals surface area (Å²) in [4.78, 5) is 6.42. The van der Waals surface area contributed by atoms with Crippen molar-refractivity contribution in [3.63, 3.8) is 0 Å². The number of H-pyrrole nitrogens is 1. The van der Waals surface area contributed by atoms with E-state index in [2.05, 4.69) is 9.97 Å². The van der Waals surface area contributed by atoms with Gasteiger partial charge in [0.2, 0.25) is 0 Å². The summed E-state index contributed by atoms with van der Waals surface area (Å²) in [5.74, 6) is 0. The standard InChI is InChI=1S/C3H4N2.Se/c1-2-5-3-4-1;/h1-3H,(H,4,5);. The molecule has 0 aliphatic heterocycles. The second-order valence-electron chi connectivity index (χ2n) is 0.761. The Morgan fingerprint density at radius 1 is 1.50 bits per heavy atom. The van der Waals surface area contributed by atoms with E-state index in [-0.39, 0.29) is 17.1 Å². The van der Waals surface area contributed by atoms with E-state index in [0.29, 0.717) is 0 Å². The van der Waals surface area contributed by atoms with Gasteiger partial charge in [-0.15, -0.1) is 0 Å². The molecule has 1 aromatic rings. The summed E-state index contributed by atoms with van der Waals surface area (Å²) < 4.78 is 0. The zero-order valence-electron chi connectivity index (χ0n) is 3.09. The van der Waals surface area contributed by atoms with Gasteiger partial charge in [0.05, 0.1) is 6.33 Å². The topological polar surface area (TPSA) is 28.7 Å². The first kappa shape index (κ1) is 5.73. The molecule has 0 aromatic carbocycles. The average Bonchev–Trinajstić information content (AvgIpc) is 1.76. The molecule has 1 aromatic heterocycles. The van der Waals surface area contributed by atoms with Gasteiger partial charge >= 0.3 is 0 Å². The van der Waals surface area contributed by atoms with E-state index in [1.807, 2.05) is 0 Å². The molecule has 0 bridgehead atoms. The summed E-state index contributed by atoms with van der Waals surface area (Å²) in [5, 5.41) is 0. The molecule has 0 saturated heterocycles. The van der Waals surface area contributed by atoms with Crippen molar-refractivity contribution in [1.29, 1.82) is 0 Å². The van der Waals surface area contributed by atoms with Crippen LogP contribution in [0.4, 0.5) is 0 Å². The van der Waals surface area contributed by atoms with Crippen LogP contribution in [0.15, 0.2) is 18.7 Å². The Labute approximate surface area is 46.5 Å². The van der Waals surface area contributed by atoms with Crippen molar-refractivity contribution in [2.45, 2.75) is 0 Å². The summed E-state index contributed by atoms with van der Waals surface area (Å²) in [6, 6.07) is 0. The van der Waals surface area contributed by atoms with Gasteiger partial charge in [0.1, 0.15) is 0 Å². The van der Waals surface area contributed by atoms with Crippen LogP contribution in [-0.2, 0) is 0 Å². The van der Waals surface area contributed by atoms with Crippen LogP contribution in [0.2, 0.25) is 0 Å². The quantitative estimate of drug-likeness (QED) is 0.515. The molecule has 0 aliphatic carbocycles. The molecule has 1 rings (SSSR count). The van der Waals surface area contributed by atoms with Crippen molar-refractivity contribution in [1.82, 2.24) is 9.97 Å². The van der Waals surface area contributed by atoms with E-state index in [1.165, 1.54) is 0 Å². The molecule has 2 radical (unpaired) electrons. The van der Waals surface area contributed by atoms with Gasteiger partial charge in [-0.05, 0) is 0 Å². The predicted octanol–water partition coefficient (Wildman–Crippen LogP) is 0.0289. The summed E-state index contributed by atoms with van der Waals surface area (Å²) in [6.45, 7) is 0. The minimum atomic E-state index is 0. The van der Waals surface area contributed by atoms with Crippen LogP contribution in [0.3, 0.4) is 0 Å². The van der Waals surface area contributed by atoms with E-state index in [4.69, 9.17) is 0 Å². The van der Waals surface area contributed by atoms with Gasteiger partial charge in [0.25, 0.3) is 0 Å². The van der Waals surface area contributed by atoms with E-state index in [1.54, 1.807) is 18.7 Å². The first-order valence-electron chi connectivity index (χ1n) is 1.43. The second-order valence-corrected chi connectivity index (χ2v) is 0.761. The molecule has 2 nitrogen and oxygen atoms in total. The Morgan fingerprint density at radius 2 is 2.33 bits per heavy atom. The number of imidazole rings is 1. The fraction of sp³-hybridized carbons (Fsp3) is 0. The Balaban J connectivity index is 0.000000250. The largest absolute Gasteiger partial charge is 0.351 e. The molecule has 1 heterocycles. The van der Waals surface area contributed by atoms with Crippen LogP contribution in [0, 0.1) is 0 Å². The molecule has 0 aliphatic rings. The van der Waals surface area contributed by atoms with Gasteiger partial charge in [-0.2, -0.15) is 0 Å². The molecule has 32 valence electrons. The first-order chi connectivity index (χ1) is 2.50. The third-order valence-corrected chi connectivity index (χ3v) is 0.406.